The number of hydrogen-bond donors (Lipinski definition) is 0. The van der Waals surface area contributed by atoms with E-state index in [1.165, 1.54) is 25.9 Å². The molecular weight excluding hydrogens is 210 g/mol. The predicted molar refractivity (Wildman–Crippen MR) is 71.0 cm³/mol. The summed E-state index contributed by atoms with van der Waals surface area (Å²) < 4.78 is 0. The zero-order valence-corrected chi connectivity index (χ0v) is 11.9. The quantitative estimate of drug-likeness (QED) is 0.735. The Morgan fingerprint density at radius 2 is 1.71 bits per heavy atom. The number of nitrogens with zero attached hydrogens (tertiary/aromatic N) is 1. The smallest absolute Gasteiger partial charge is 0.142 e. The average molecular weight is 237 g/mol. The Morgan fingerprint density at radius 3 is 2.18 bits per heavy atom. The van der Waals surface area contributed by atoms with E-state index in [0.717, 1.165) is 19.4 Å². The van der Waals surface area contributed by atoms with Crippen molar-refractivity contribution >= 4 is 5.78 Å². The van der Waals surface area contributed by atoms with E-state index in [9.17, 15) is 4.79 Å². The second kappa shape index (κ2) is 4.38. The minimum atomic E-state index is -0.0558. The van der Waals surface area contributed by atoms with Crippen LogP contribution < -0.4 is 0 Å². The molecule has 17 heavy (non-hydrogen) atoms. The molecule has 1 heterocycles. The van der Waals surface area contributed by atoms with Crippen LogP contribution in [0.2, 0.25) is 0 Å². The predicted octanol–water partition coefficient (Wildman–Crippen LogP) is 3.11. The SMILES string of the molecule is CC1(C)CCN(CC2CCC(C)(C)C2=O)CC1. The second-order valence-corrected chi connectivity index (χ2v) is 7.45. The van der Waals surface area contributed by atoms with Gasteiger partial charge in [-0.1, -0.05) is 27.7 Å². The maximum Gasteiger partial charge on any atom is 0.142 e. The van der Waals surface area contributed by atoms with E-state index in [-0.39, 0.29) is 5.41 Å². The van der Waals surface area contributed by atoms with Gasteiger partial charge in [0, 0.05) is 17.9 Å². The molecule has 0 N–H and O–H groups in total. The lowest BCUT2D eigenvalue weighted by Crippen LogP contribution is -2.41. The maximum atomic E-state index is 12.2. The third-order valence-corrected chi connectivity index (χ3v) is 4.84. The summed E-state index contributed by atoms with van der Waals surface area (Å²) in [5.74, 6) is 0.813. The van der Waals surface area contributed by atoms with E-state index in [4.69, 9.17) is 0 Å². The molecule has 1 saturated carbocycles. The number of likely N-dealkylation sites (tertiary alicyclic amines) is 1. The molecule has 0 radical (unpaired) electrons. The van der Waals surface area contributed by atoms with Gasteiger partial charge in [-0.3, -0.25) is 4.79 Å². The number of rotatable bonds is 2. The largest absolute Gasteiger partial charge is 0.303 e. The summed E-state index contributed by atoms with van der Waals surface area (Å²) in [6.07, 6.45) is 4.73. The molecule has 0 amide bonds. The standard InChI is InChI=1S/C15H27NO/c1-14(2)7-9-16(10-8-14)11-12-5-6-15(3,4)13(12)17/h12H,5-11H2,1-4H3. The lowest BCUT2D eigenvalue weighted by molar-refractivity contribution is -0.128. The summed E-state index contributed by atoms with van der Waals surface area (Å²) in [5, 5.41) is 0. The van der Waals surface area contributed by atoms with Crippen molar-refractivity contribution in [2.75, 3.05) is 19.6 Å². The summed E-state index contributed by atoms with van der Waals surface area (Å²) in [6.45, 7) is 12.3. The minimum absolute atomic E-state index is 0.0558. The van der Waals surface area contributed by atoms with Gasteiger partial charge in [0.2, 0.25) is 0 Å². The normalized spacial score (nSPS) is 32.9. The van der Waals surface area contributed by atoms with Crippen LogP contribution in [0.5, 0.6) is 0 Å². The maximum absolute atomic E-state index is 12.2. The molecule has 2 fully saturated rings. The van der Waals surface area contributed by atoms with Crippen molar-refractivity contribution in [3.05, 3.63) is 0 Å². The monoisotopic (exact) mass is 237 g/mol. The van der Waals surface area contributed by atoms with Crippen LogP contribution in [0.3, 0.4) is 0 Å². The van der Waals surface area contributed by atoms with E-state index in [2.05, 4.69) is 32.6 Å². The number of ketones is 1. The third kappa shape index (κ3) is 2.90. The van der Waals surface area contributed by atoms with Gasteiger partial charge in [0.25, 0.3) is 0 Å². The molecule has 1 unspecified atom stereocenters. The van der Waals surface area contributed by atoms with Gasteiger partial charge in [0.15, 0.2) is 0 Å². The second-order valence-electron chi connectivity index (χ2n) is 7.45. The Kier molecular flexibility index (Phi) is 3.37. The number of hydrogen-bond acceptors (Lipinski definition) is 2. The molecule has 0 spiro atoms. The van der Waals surface area contributed by atoms with Gasteiger partial charge in [-0.15, -0.1) is 0 Å². The van der Waals surface area contributed by atoms with Gasteiger partial charge in [-0.25, -0.2) is 0 Å². The van der Waals surface area contributed by atoms with E-state index >= 15 is 0 Å². The van der Waals surface area contributed by atoms with Crippen molar-refractivity contribution in [2.45, 2.75) is 53.4 Å². The lowest BCUT2D eigenvalue weighted by Gasteiger charge is -2.37. The fraction of sp³-hybridized carbons (Fsp3) is 0.933. The first-order chi connectivity index (χ1) is 7.80. The molecule has 2 heteroatoms. The minimum Gasteiger partial charge on any atom is -0.303 e. The highest BCUT2D eigenvalue weighted by Gasteiger charge is 2.41. The van der Waals surface area contributed by atoms with Gasteiger partial charge in [0.1, 0.15) is 5.78 Å². The summed E-state index contributed by atoms with van der Waals surface area (Å²) in [7, 11) is 0. The topological polar surface area (TPSA) is 20.3 Å². The van der Waals surface area contributed by atoms with Gasteiger partial charge in [-0.2, -0.15) is 0 Å². The highest BCUT2D eigenvalue weighted by atomic mass is 16.1. The molecule has 2 nitrogen and oxygen atoms in total. The molecule has 2 rings (SSSR count). The fourth-order valence-corrected chi connectivity index (χ4v) is 3.17. The molecule has 98 valence electrons. The van der Waals surface area contributed by atoms with Crippen LogP contribution >= 0.6 is 0 Å². The van der Waals surface area contributed by atoms with Crippen LogP contribution in [0.1, 0.15) is 53.4 Å². The van der Waals surface area contributed by atoms with Crippen molar-refractivity contribution in [3.63, 3.8) is 0 Å². The zero-order valence-electron chi connectivity index (χ0n) is 11.9. The average Bonchev–Trinajstić information content (AvgIpc) is 2.48. The van der Waals surface area contributed by atoms with Gasteiger partial charge < -0.3 is 4.90 Å². The molecule has 0 aromatic heterocycles. The first-order valence-corrected chi connectivity index (χ1v) is 7.07. The Balaban J connectivity index is 1.85. The van der Waals surface area contributed by atoms with E-state index in [1.54, 1.807) is 0 Å². The van der Waals surface area contributed by atoms with Gasteiger partial charge in [0.05, 0.1) is 0 Å². The number of piperidine rings is 1. The van der Waals surface area contributed by atoms with Crippen LogP contribution in [0.4, 0.5) is 0 Å². The Bertz CT molecular complexity index is 296. The molecule has 1 atom stereocenters. The first-order valence-electron chi connectivity index (χ1n) is 7.07. The van der Waals surface area contributed by atoms with Crippen LogP contribution in [-0.2, 0) is 4.79 Å². The summed E-state index contributed by atoms with van der Waals surface area (Å²) >= 11 is 0. The highest BCUT2D eigenvalue weighted by molar-refractivity contribution is 5.88. The molecule has 0 bridgehead atoms. The molecule has 1 aliphatic heterocycles. The molecular formula is C15H27NO. The van der Waals surface area contributed by atoms with Crippen molar-refractivity contribution < 1.29 is 4.79 Å². The summed E-state index contributed by atoms with van der Waals surface area (Å²) in [5.41, 5.74) is 0.454. The lowest BCUT2D eigenvalue weighted by atomic mass is 9.82. The van der Waals surface area contributed by atoms with E-state index < -0.39 is 0 Å². The highest BCUT2D eigenvalue weighted by Crippen LogP contribution is 2.38. The van der Waals surface area contributed by atoms with Crippen molar-refractivity contribution in [1.82, 2.24) is 4.90 Å². The van der Waals surface area contributed by atoms with Gasteiger partial charge >= 0.3 is 0 Å². The van der Waals surface area contributed by atoms with Crippen LogP contribution in [0, 0.1) is 16.7 Å². The molecule has 0 aromatic carbocycles. The summed E-state index contributed by atoms with van der Waals surface area (Å²) in [4.78, 5) is 14.7. The fourth-order valence-electron chi connectivity index (χ4n) is 3.17. The Hall–Kier alpha value is -0.370. The molecule has 1 aliphatic carbocycles. The van der Waals surface area contributed by atoms with Crippen LogP contribution in [0.25, 0.3) is 0 Å². The van der Waals surface area contributed by atoms with Crippen molar-refractivity contribution in [2.24, 2.45) is 16.7 Å². The van der Waals surface area contributed by atoms with Gasteiger partial charge in [-0.05, 0) is 44.2 Å². The van der Waals surface area contributed by atoms with E-state index in [0.29, 0.717) is 17.1 Å². The van der Waals surface area contributed by atoms with Crippen molar-refractivity contribution in [1.29, 1.82) is 0 Å². The number of Topliss-reactive ketones (excluding diaryl/α,β-unsaturated/α-hetero) is 1. The first kappa shape index (κ1) is 13.1. The summed E-state index contributed by atoms with van der Waals surface area (Å²) in [6, 6.07) is 0. The molecule has 0 aromatic rings. The van der Waals surface area contributed by atoms with E-state index in [1.807, 2.05) is 0 Å². The van der Waals surface area contributed by atoms with Crippen LogP contribution in [-0.4, -0.2) is 30.3 Å². The Morgan fingerprint density at radius 1 is 1.12 bits per heavy atom. The van der Waals surface area contributed by atoms with Crippen LogP contribution in [0.15, 0.2) is 0 Å². The number of carbonyl (C=O) groups excluding carboxylic acids is 1. The molecule has 1 saturated heterocycles. The molecule has 2 aliphatic rings. The number of carbonyl (C=O) groups is 1. The zero-order chi connectivity index (χ0) is 12.7. The Labute approximate surface area is 106 Å². The van der Waals surface area contributed by atoms with Crippen molar-refractivity contribution in [3.8, 4) is 0 Å². The third-order valence-electron chi connectivity index (χ3n) is 4.84.